The molecular formula is C11H11NO. The first-order valence-electron chi connectivity index (χ1n) is 3.92. The predicted octanol–water partition coefficient (Wildman–Crippen LogP) is 3.16. The van der Waals surface area contributed by atoms with Gasteiger partial charge in [0, 0.05) is 5.56 Å². The van der Waals surface area contributed by atoms with E-state index in [1.165, 1.54) is 0 Å². The Labute approximate surface area is 77.8 Å². The lowest BCUT2D eigenvalue weighted by Crippen LogP contribution is -1.81. The first-order chi connectivity index (χ1) is 6.06. The summed E-state index contributed by atoms with van der Waals surface area (Å²) >= 11 is 0. The number of hydrogen-bond acceptors (Lipinski definition) is 2. The number of furan rings is 1. The zero-order valence-corrected chi connectivity index (χ0v) is 7.85. The first kappa shape index (κ1) is 9.34. The van der Waals surface area contributed by atoms with E-state index in [0.29, 0.717) is 11.3 Å². The van der Waals surface area contributed by atoms with Crippen molar-refractivity contribution in [2.75, 3.05) is 0 Å². The van der Waals surface area contributed by atoms with E-state index in [0.717, 1.165) is 16.9 Å². The Kier molecular flexibility index (Phi) is 2.39. The highest BCUT2D eigenvalue weighted by atomic mass is 16.3. The largest absolute Gasteiger partial charge is 0.460 e. The highest BCUT2D eigenvalue weighted by Crippen LogP contribution is 2.26. The summed E-state index contributed by atoms with van der Waals surface area (Å²) < 4.78 is 5.35. The second kappa shape index (κ2) is 3.32. The Morgan fingerprint density at radius 1 is 1.54 bits per heavy atom. The minimum Gasteiger partial charge on any atom is -0.460 e. The topological polar surface area (TPSA) is 36.9 Å². The zero-order valence-electron chi connectivity index (χ0n) is 7.85. The summed E-state index contributed by atoms with van der Waals surface area (Å²) in [7, 11) is 0. The van der Waals surface area contributed by atoms with E-state index in [1.54, 1.807) is 0 Å². The van der Waals surface area contributed by atoms with Crippen LogP contribution in [-0.4, -0.2) is 0 Å². The van der Waals surface area contributed by atoms with Crippen molar-refractivity contribution in [3.8, 4) is 6.07 Å². The molecular weight excluding hydrogens is 162 g/mol. The van der Waals surface area contributed by atoms with Gasteiger partial charge < -0.3 is 4.42 Å². The monoisotopic (exact) mass is 173 g/mol. The lowest BCUT2D eigenvalue weighted by atomic mass is 10.1. The Bertz CT molecular complexity index is 404. The van der Waals surface area contributed by atoms with E-state index in [-0.39, 0.29) is 0 Å². The molecule has 1 aromatic rings. The molecule has 0 amide bonds. The van der Waals surface area contributed by atoms with Crippen LogP contribution in [0.2, 0.25) is 0 Å². The molecule has 0 fully saturated rings. The van der Waals surface area contributed by atoms with Crippen LogP contribution in [0, 0.1) is 18.3 Å². The minimum atomic E-state index is 0.339. The van der Waals surface area contributed by atoms with Gasteiger partial charge in [-0.2, -0.15) is 5.26 Å². The molecule has 0 saturated heterocycles. The van der Waals surface area contributed by atoms with Gasteiger partial charge in [-0.25, -0.2) is 0 Å². The van der Waals surface area contributed by atoms with Crippen LogP contribution >= 0.6 is 0 Å². The SMILES string of the molecule is C=C(C)c1cc(C)oc1C(=C)C#N. The summed E-state index contributed by atoms with van der Waals surface area (Å²) in [6.45, 7) is 11.1. The lowest BCUT2D eigenvalue weighted by molar-refractivity contribution is 0.522. The van der Waals surface area contributed by atoms with Gasteiger partial charge in [-0.05, 0) is 25.5 Å². The van der Waals surface area contributed by atoms with Crippen molar-refractivity contribution in [3.63, 3.8) is 0 Å². The average Bonchev–Trinajstić information content (AvgIpc) is 2.46. The third-order valence-electron chi connectivity index (χ3n) is 1.72. The van der Waals surface area contributed by atoms with Gasteiger partial charge >= 0.3 is 0 Å². The molecule has 1 aromatic heterocycles. The van der Waals surface area contributed by atoms with Crippen molar-refractivity contribution >= 4 is 11.1 Å². The minimum absolute atomic E-state index is 0.339. The predicted molar refractivity (Wildman–Crippen MR) is 52.8 cm³/mol. The molecule has 0 aliphatic rings. The van der Waals surface area contributed by atoms with Crippen molar-refractivity contribution in [2.24, 2.45) is 0 Å². The molecule has 2 heteroatoms. The Morgan fingerprint density at radius 2 is 2.15 bits per heavy atom. The van der Waals surface area contributed by atoms with Crippen molar-refractivity contribution < 1.29 is 4.42 Å². The van der Waals surface area contributed by atoms with E-state index in [4.69, 9.17) is 9.68 Å². The van der Waals surface area contributed by atoms with Gasteiger partial charge in [0.15, 0.2) is 5.76 Å². The smallest absolute Gasteiger partial charge is 0.151 e. The molecule has 66 valence electrons. The highest BCUT2D eigenvalue weighted by molar-refractivity contribution is 5.80. The number of rotatable bonds is 2. The molecule has 1 heterocycles. The van der Waals surface area contributed by atoms with Crippen molar-refractivity contribution in [2.45, 2.75) is 13.8 Å². The molecule has 0 aliphatic carbocycles. The second-order valence-corrected chi connectivity index (χ2v) is 2.97. The Morgan fingerprint density at radius 3 is 2.62 bits per heavy atom. The number of hydrogen-bond donors (Lipinski definition) is 0. The maximum atomic E-state index is 8.66. The van der Waals surface area contributed by atoms with Crippen LogP contribution < -0.4 is 0 Å². The molecule has 0 spiro atoms. The van der Waals surface area contributed by atoms with Gasteiger partial charge in [0.2, 0.25) is 0 Å². The van der Waals surface area contributed by atoms with Gasteiger partial charge in [0.05, 0.1) is 5.57 Å². The molecule has 0 bridgehead atoms. The summed E-state index contributed by atoms with van der Waals surface area (Å²) in [4.78, 5) is 0. The quantitative estimate of drug-likeness (QED) is 0.644. The van der Waals surface area contributed by atoms with E-state index >= 15 is 0 Å². The van der Waals surface area contributed by atoms with Gasteiger partial charge in [-0.15, -0.1) is 0 Å². The molecule has 1 rings (SSSR count). The molecule has 0 N–H and O–H groups in total. The maximum Gasteiger partial charge on any atom is 0.151 e. The lowest BCUT2D eigenvalue weighted by Gasteiger charge is -1.97. The molecule has 0 unspecified atom stereocenters. The molecule has 2 nitrogen and oxygen atoms in total. The van der Waals surface area contributed by atoms with Gasteiger partial charge in [0.25, 0.3) is 0 Å². The van der Waals surface area contributed by atoms with Crippen molar-refractivity contribution in [1.29, 1.82) is 5.26 Å². The van der Waals surface area contributed by atoms with Crippen LogP contribution in [0.25, 0.3) is 11.1 Å². The number of aryl methyl sites for hydroxylation is 1. The second-order valence-electron chi connectivity index (χ2n) is 2.97. The molecule has 0 saturated carbocycles. The summed E-state index contributed by atoms with van der Waals surface area (Å²) in [5.74, 6) is 1.30. The van der Waals surface area contributed by atoms with E-state index in [9.17, 15) is 0 Å². The summed E-state index contributed by atoms with van der Waals surface area (Å²) in [5.41, 5.74) is 2.08. The van der Waals surface area contributed by atoms with Crippen molar-refractivity contribution in [3.05, 3.63) is 36.3 Å². The highest BCUT2D eigenvalue weighted by Gasteiger charge is 2.11. The van der Waals surface area contributed by atoms with Gasteiger partial charge in [0.1, 0.15) is 11.8 Å². The van der Waals surface area contributed by atoms with Gasteiger partial charge in [-0.3, -0.25) is 0 Å². The van der Waals surface area contributed by atoms with E-state index < -0.39 is 0 Å². The average molecular weight is 173 g/mol. The fourth-order valence-corrected chi connectivity index (χ4v) is 1.11. The van der Waals surface area contributed by atoms with E-state index in [2.05, 4.69) is 13.2 Å². The molecule has 0 aromatic carbocycles. The molecule has 0 atom stereocenters. The Balaban J connectivity index is 3.29. The fourth-order valence-electron chi connectivity index (χ4n) is 1.11. The molecule has 0 radical (unpaired) electrons. The van der Waals surface area contributed by atoms with Crippen LogP contribution in [0.1, 0.15) is 24.0 Å². The maximum absolute atomic E-state index is 8.66. The third-order valence-corrected chi connectivity index (χ3v) is 1.72. The summed E-state index contributed by atoms with van der Waals surface area (Å²) in [6, 6.07) is 3.82. The van der Waals surface area contributed by atoms with Gasteiger partial charge in [-0.1, -0.05) is 13.2 Å². The summed E-state index contributed by atoms with van der Waals surface area (Å²) in [5, 5.41) is 8.66. The van der Waals surface area contributed by atoms with Crippen LogP contribution in [0.5, 0.6) is 0 Å². The van der Waals surface area contributed by atoms with Crippen molar-refractivity contribution in [1.82, 2.24) is 0 Å². The number of nitriles is 1. The molecule has 0 aliphatic heterocycles. The van der Waals surface area contributed by atoms with Crippen LogP contribution in [0.15, 0.2) is 23.6 Å². The number of nitrogens with zero attached hydrogens (tertiary/aromatic N) is 1. The zero-order chi connectivity index (χ0) is 10.0. The third kappa shape index (κ3) is 1.70. The standard InChI is InChI=1S/C11H11NO/c1-7(2)10-5-9(4)13-11(10)8(3)6-12/h5H,1,3H2,2,4H3. The van der Waals surface area contributed by atoms with Crippen LogP contribution in [0.3, 0.4) is 0 Å². The normalized spacial score (nSPS) is 9.31. The fraction of sp³-hybridized carbons (Fsp3) is 0.182. The Hall–Kier alpha value is -1.75. The summed E-state index contributed by atoms with van der Waals surface area (Å²) in [6.07, 6.45) is 0. The number of allylic oxidation sites excluding steroid dienone is 2. The first-order valence-corrected chi connectivity index (χ1v) is 3.92. The molecule has 13 heavy (non-hydrogen) atoms. The van der Waals surface area contributed by atoms with Crippen LogP contribution in [0.4, 0.5) is 0 Å². The van der Waals surface area contributed by atoms with E-state index in [1.807, 2.05) is 26.0 Å². The van der Waals surface area contributed by atoms with Crippen LogP contribution in [-0.2, 0) is 0 Å².